The van der Waals surface area contributed by atoms with E-state index in [0.717, 1.165) is 11.3 Å². The predicted molar refractivity (Wildman–Crippen MR) is 59.4 cm³/mol. The Kier molecular flexibility index (Phi) is 4.11. The highest BCUT2D eigenvalue weighted by atomic mass is 32.2. The molecule has 0 fully saturated rings. The molecule has 6 nitrogen and oxygen atoms in total. The molecule has 0 saturated heterocycles. The van der Waals surface area contributed by atoms with E-state index in [0.29, 0.717) is 11.4 Å². The van der Waals surface area contributed by atoms with Crippen LogP contribution in [0.5, 0.6) is 0 Å². The lowest BCUT2D eigenvalue weighted by Gasteiger charge is -2.00. The van der Waals surface area contributed by atoms with E-state index in [2.05, 4.69) is 10.2 Å². The van der Waals surface area contributed by atoms with E-state index >= 15 is 0 Å². The molecule has 0 bridgehead atoms. The minimum atomic E-state index is -3.81. The number of carbonyl (C=O) groups is 1. The first-order chi connectivity index (χ1) is 7.29. The molecule has 0 amide bonds. The molecule has 0 aliphatic rings. The molecule has 0 saturated carbocycles. The van der Waals surface area contributed by atoms with Crippen LogP contribution in [0.3, 0.4) is 0 Å². The van der Waals surface area contributed by atoms with Gasteiger partial charge in [-0.05, 0) is 5.92 Å². The van der Waals surface area contributed by atoms with Crippen LogP contribution < -0.4 is 5.14 Å². The van der Waals surface area contributed by atoms with E-state index in [1.54, 1.807) is 0 Å². The predicted octanol–water partition coefficient (Wildman–Crippen LogP) is 0.343. The number of carbonyl (C=O) groups excluding carboxylic acids is 1. The van der Waals surface area contributed by atoms with Gasteiger partial charge in [-0.2, -0.15) is 0 Å². The second-order valence-electron chi connectivity index (χ2n) is 3.82. The summed E-state index contributed by atoms with van der Waals surface area (Å²) in [5.41, 5.74) is 0. The smallest absolute Gasteiger partial charge is 0.267 e. The first-order valence-electron chi connectivity index (χ1n) is 4.66. The van der Waals surface area contributed by atoms with Crippen molar-refractivity contribution in [2.24, 2.45) is 11.1 Å². The van der Waals surface area contributed by atoms with Crippen molar-refractivity contribution in [3.63, 3.8) is 0 Å². The minimum absolute atomic E-state index is 0.0205. The Morgan fingerprint density at radius 1 is 1.44 bits per heavy atom. The maximum absolute atomic E-state index is 11.4. The number of rotatable bonds is 5. The van der Waals surface area contributed by atoms with Crippen molar-refractivity contribution in [3.05, 3.63) is 5.01 Å². The molecule has 1 heterocycles. The summed E-state index contributed by atoms with van der Waals surface area (Å²) in [5.74, 6) is 0.297. The molecule has 0 radical (unpaired) electrons. The van der Waals surface area contributed by atoms with Crippen LogP contribution in [0.15, 0.2) is 4.34 Å². The molecule has 1 aromatic heterocycles. The lowest BCUT2D eigenvalue weighted by Crippen LogP contribution is -2.11. The van der Waals surface area contributed by atoms with Gasteiger partial charge in [0.15, 0.2) is 0 Å². The van der Waals surface area contributed by atoms with Gasteiger partial charge in [0, 0.05) is 6.42 Å². The van der Waals surface area contributed by atoms with Crippen molar-refractivity contribution in [3.8, 4) is 0 Å². The normalized spacial score (nSPS) is 12.0. The van der Waals surface area contributed by atoms with Gasteiger partial charge in [0.05, 0.1) is 6.42 Å². The van der Waals surface area contributed by atoms with Gasteiger partial charge in [-0.3, -0.25) is 4.79 Å². The third kappa shape index (κ3) is 3.95. The summed E-state index contributed by atoms with van der Waals surface area (Å²) in [6, 6.07) is 0. The molecule has 90 valence electrons. The summed E-state index contributed by atoms with van der Waals surface area (Å²) in [6.07, 6.45) is 0.565. The molecule has 1 rings (SSSR count). The number of hydrogen-bond acceptors (Lipinski definition) is 6. The SMILES string of the molecule is CC(C)CC(=O)Cc1nnc(S(N)(=O)=O)s1. The van der Waals surface area contributed by atoms with Gasteiger partial charge in [-0.15, -0.1) is 10.2 Å². The summed E-state index contributed by atoms with van der Waals surface area (Å²) in [7, 11) is -3.81. The number of Topliss-reactive ketones (excluding diaryl/α,β-unsaturated/α-hetero) is 1. The van der Waals surface area contributed by atoms with Gasteiger partial charge >= 0.3 is 0 Å². The maximum Gasteiger partial charge on any atom is 0.267 e. The van der Waals surface area contributed by atoms with Crippen molar-refractivity contribution < 1.29 is 13.2 Å². The molecule has 2 N–H and O–H groups in total. The zero-order valence-electron chi connectivity index (χ0n) is 9.00. The molecule has 0 aliphatic heterocycles. The number of primary sulfonamides is 1. The highest BCUT2D eigenvalue weighted by Gasteiger charge is 2.16. The molecule has 0 spiro atoms. The van der Waals surface area contributed by atoms with Gasteiger partial charge in [0.1, 0.15) is 10.8 Å². The van der Waals surface area contributed by atoms with E-state index in [-0.39, 0.29) is 22.5 Å². The Labute approximate surface area is 97.9 Å². The monoisotopic (exact) mass is 263 g/mol. The Morgan fingerprint density at radius 2 is 2.06 bits per heavy atom. The highest BCUT2D eigenvalue weighted by Crippen LogP contribution is 2.15. The van der Waals surface area contributed by atoms with E-state index in [4.69, 9.17) is 5.14 Å². The standard InChI is InChI=1S/C8H13N3O3S2/c1-5(2)3-6(12)4-7-10-11-8(15-7)16(9,13)14/h5H,3-4H2,1-2H3,(H2,9,13,14). The number of ketones is 1. The Bertz CT molecular complexity index is 478. The topological polar surface area (TPSA) is 103 Å². The van der Waals surface area contributed by atoms with Crippen LogP contribution >= 0.6 is 11.3 Å². The van der Waals surface area contributed by atoms with Crippen LogP contribution in [0.4, 0.5) is 0 Å². The van der Waals surface area contributed by atoms with Crippen LogP contribution in [-0.2, 0) is 21.2 Å². The summed E-state index contributed by atoms with van der Waals surface area (Å²) in [5, 5.41) is 12.3. The Morgan fingerprint density at radius 3 is 2.50 bits per heavy atom. The number of sulfonamides is 1. The van der Waals surface area contributed by atoms with Crippen LogP contribution in [0.2, 0.25) is 0 Å². The third-order valence-electron chi connectivity index (χ3n) is 1.68. The van der Waals surface area contributed by atoms with E-state index < -0.39 is 10.0 Å². The fraction of sp³-hybridized carbons (Fsp3) is 0.625. The van der Waals surface area contributed by atoms with Crippen molar-refractivity contribution in [1.29, 1.82) is 0 Å². The summed E-state index contributed by atoms with van der Waals surface area (Å²) >= 11 is 0.839. The second kappa shape index (κ2) is 4.98. The van der Waals surface area contributed by atoms with E-state index in [9.17, 15) is 13.2 Å². The average molecular weight is 263 g/mol. The Hall–Kier alpha value is -0.860. The third-order valence-corrected chi connectivity index (χ3v) is 3.91. The van der Waals surface area contributed by atoms with Crippen LogP contribution in [0.1, 0.15) is 25.3 Å². The first-order valence-corrected chi connectivity index (χ1v) is 7.02. The summed E-state index contributed by atoms with van der Waals surface area (Å²) in [4.78, 5) is 11.4. The fourth-order valence-corrected chi connectivity index (χ4v) is 2.63. The van der Waals surface area contributed by atoms with Gasteiger partial charge < -0.3 is 0 Å². The number of nitrogens with zero attached hydrogens (tertiary/aromatic N) is 2. The van der Waals surface area contributed by atoms with Crippen molar-refractivity contribution in [2.45, 2.75) is 31.0 Å². The second-order valence-corrected chi connectivity index (χ2v) is 6.62. The molecule has 8 heteroatoms. The first kappa shape index (κ1) is 13.2. The number of nitrogens with two attached hydrogens (primary N) is 1. The summed E-state index contributed by atoms with van der Waals surface area (Å²) in [6.45, 7) is 3.88. The zero-order chi connectivity index (χ0) is 12.3. The van der Waals surface area contributed by atoms with Crippen LogP contribution in [0, 0.1) is 5.92 Å². The van der Waals surface area contributed by atoms with E-state index in [1.807, 2.05) is 13.8 Å². The maximum atomic E-state index is 11.4. The van der Waals surface area contributed by atoms with Gasteiger partial charge in [0.2, 0.25) is 4.34 Å². The molecule has 0 unspecified atom stereocenters. The molecular formula is C8H13N3O3S2. The van der Waals surface area contributed by atoms with Crippen molar-refractivity contribution >= 4 is 27.1 Å². The minimum Gasteiger partial charge on any atom is -0.299 e. The Balaban J connectivity index is 2.70. The number of hydrogen-bond donors (Lipinski definition) is 1. The molecule has 0 aromatic carbocycles. The van der Waals surface area contributed by atoms with Crippen molar-refractivity contribution in [1.82, 2.24) is 10.2 Å². The highest BCUT2D eigenvalue weighted by molar-refractivity contribution is 7.91. The fourth-order valence-electron chi connectivity index (χ4n) is 1.12. The molecule has 0 atom stereocenters. The lowest BCUT2D eigenvalue weighted by molar-refractivity contribution is -0.119. The molecule has 1 aromatic rings. The lowest BCUT2D eigenvalue weighted by atomic mass is 10.1. The van der Waals surface area contributed by atoms with Gasteiger partial charge in [-0.25, -0.2) is 13.6 Å². The molecule has 0 aliphatic carbocycles. The molecular weight excluding hydrogens is 250 g/mol. The van der Waals surface area contributed by atoms with Gasteiger partial charge in [-0.1, -0.05) is 25.2 Å². The largest absolute Gasteiger partial charge is 0.299 e. The van der Waals surface area contributed by atoms with Crippen molar-refractivity contribution in [2.75, 3.05) is 0 Å². The van der Waals surface area contributed by atoms with E-state index in [1.165, 1.54) is 0 Å². The molecule has 16 heavy (non-hydrogen) atoms. The summed E-state index contributed by atoms with van der Waals surface area (Å²) < 4.78 is 21.6. The number of aromatic nitrogens is 2. The average Bonchev–Trinajstić information content (AvgIpc) is 2.49. The van der Waals surface area contributed by atoms with Crippen LogP contribution in [0.25, 0.3) is 0 Å². The zero-order valence-corrected chi connectivity index (χ0v) is 10.6. The van der Waals surface area contributed by atoms with Gasteiger partial charge in [0.25, 0.3) is 10.0 Å². The van der Waals surface area contributed by atoms with Crippen LogP contribution in [-0.4, -0.2) is 24.4 Å². The quantitative estimate of drug-likeness (QED) is 0.825.